The van der Waals surface area contributed by atoms with Crippen molar-refractivity contribution in [2.45, 2.75) is 46.1 Å². The molecule has 3 N–H and O–H groups in total. The third kappa shape index (κ3) is 4.43. The van der Waals surface area contributed by atoms with Gasteiger partial charge < -0.3 is 15.7 Å². The fourth-order valence-corrected chi connectivity index (χ4v) is 3.07. The Bertz CT molecular complexity index is 428. The van der Waals surface area contributed by atoms with E-state index >= 15 is 0 Å². The molecule has 0 heterocycles. The number of nitrogens with one attached hydrogen (secondary N) is 2. The van der Waals surface area contributed by atoms with E-state index in [4.69, 9.17) is 5.26 Å². The van der Waals surface area contributed by atoms with E-state index in [9.17, 15) is 14.7 Å². The molecule has 21 heavy (non-hydrogen) atoms. The number of nitrogens with zero attached hydrogens (tertiary/aromatic N) is 1. The van der Waals surface area contributed by atoms with Gasteiger partial charge >= 0.3 is 5.97 Å². The van der Waals surface area contributed by atoms with E-state index in [-0.39, 0.29) is 35.7 Å². The van der Waals surface area contributed by atoms with Crippen LogP contribution in [0.5, 0.6) is 0 Å². The second kappa shape index (κ2) is 7.41. The molecule has 0 aromatic carbocycles. The highest BCUT2D eigenvalue weighted by Crippen LogP contribution is 2.44. The zero-order valence-corrected chi connectivity index (χ0v) is 13.0. The lowest BCUT2D eigenvalue weighted by Gasteiger charge is -2.46. The molecule has 0 aromatic heterocycles. The first-order valence-electron chi connectivity index (χ1n) is 7.40. The largest absolute Gasteiger partial charge is 0.481 e. The summed E-state index contributed by atoms with van der Waals surface area (Å²) in [7, 11) is 0. The number of carboxylic acid groups (broad SMARTS) is 1. The van der Waals surface area contributed by atoms with Gasteiger partial charge in [0.25, 0.3) is 0 Å². The number of hydrogen-bond donors (Lipinski definition) is 3. The highest BCUT2D eigenvalue weighted by atomic mass is 16.4. The van der Waals surface area contributed by atoms with Crippen LogP contribution in [0.4, 0.5) is 0 Å². The second-order valence-electron chi connectivity index (χ2n) is 6.32. The molecule has 1 aliphatic rings. The number of carboxylic acids is 1. The Kier molecular flexibility index (Phi) is 6.16. The first-order chi connectivity index (χ1) is 9.80. The van der Waals surface area contributed by atoms with Gasteiger partial charge in [-0.3, -0.25) is 9.59 Å². The van der Waals surface area contributed by atoms with Crippen molar-refractivity contribution in [2.75, 3.05) is 13.1 Å². The predicted octanol–water partition coefficient (Wildman–Crippen LogP) is 1.13. The summed E-state index contributed by atoms with van der Waals surface area (Å²) in [5.74, 6) is -1.04. The molecule has 0 saturated heterocycles. The Morgan fingerprint density at radius 1 is 1.38 bits per heavy atom. The number of rotatable bonds is 6. The number of carbonyl (C=O) groups excluding carboxylic acids is 1. The van der Waals surface area contributed by atoms with E-state index in [1.807, 2.05) is 26.8 Å². The van der Waals surface area contributed by atoms with E-state index in [1.165, 1.54) is 0 Å². The average Bonchev–Trinajstić information content (AvgIpc) is 2.40. The van der Waals surface area contributed by atoms with Crippen molar-refractivity contribution in [1.82, 2.24) is 10.6 Å². The van der Waals surface area contributed by atoms with Gasteiger partial charge in [0.2, 0.25) is 5.91 Å². The highest BCUT2D eigenvalue weighted by Gasteiger charge is 2.46. The van der Waals surface area contributed by atoms with Crippen LogP contribution in [-0.2, 0) is 9.59 Å². The minimum Gasteiger partial charge on any atom is -0.481 e. The van der Waals surface area contributed by atoms with E-state index in [1.54, 1.807) is 0 Å². The molecule has 3 unspecified atom stereocenters. The van der Waals surface area contributed by atoms with Crippen LogP contribution in [-0.4, -0.2) is 36.1 Å². The molecule has 1 aliphatic carbocycles. The highest BCUT2D eigenvalue weighted by molar-refractivity contribution is 5.78. The Morgan fingerprint density at radius 3 is 2.62 bits per heavy atom. The maximum Gasteiger partial charge on any atom is 0.307 e. The zero-order chi connectivity index (χ0) is 16.0. The fraction of sp³-hybridized carbons (Fsp3) is 0.800. The van der Waals surface area contributed by atoms with E-state index < -0.39 is 5.97 Å². The minimum absolute atomic E-state index is 0.129. The Labute approximate surface area is 125 Å². The van der Waals surface area contributed by atoms with Gasteiger partial charge in [-0.25, -0.2) is 0 Å². The standard InChI is InChI=1S/C15H25N3O3/c1-10-12(18-9-13(19)17-8-4-7-16)6-5-11(14(20)21)15(10,2)3/h10-12,18H,4-6,8-9H2,1-3H3,(H,17,19)(H,20,21). The van der Waals surface area contributed by atoms with Gasteiger partial charge in [0.1, 0.15) is 0 Å². The van der Waals surface area contributed by atoms with Gasteiger partial charge in [-0.2, -0.15) is 5.26 Å². The van der Waals surface area contributed by atoms with E-state index in [0.717, 1.165) is 6.42 Å². The van der Waals surface area contributed by atoms with Crippen LogP contribution in [0.15, 0.2) is 0 Å². The molecular weight excluding hydrogens is 270 g/mol. The molecule has 0 aromatic rings. The maximum atomic E-state index is 11.6. The van der Waals surface area contributed by atoms with Crippen molar-refractivity contribution in [1.29, 1.82) is 5.26 Å². The molecule has 1 fully saturated rings. The van der Waals surface area contributed by atoms with Gasteiger partial charge in [-0.15, -0.1) is 0 Å². The van der Waals surface area contributed by atoms with Crippen molar-refractivity contribution in [2.24, 2.45) is 17.3 Å². The molecule has 3 atom stereocenters. The van der Waals surface area contributed by atoms with Gasteiger partial charge in [0, 0.05) is 12.6 Å². The fourth-order valence-electron chi connectivity index (χ4n) is 3.07. The Morgan fingerprint density at radius 2 is 2.05 bits per heavy atom. The van der Waals surface area contributed by atoms with Crippen LogP contribution < -0.4 is 10.6 Å². The smallest absolute Gasteiger partial charge is 0.307 e. The summed E-state index contributed by atoms with van der Waals surface area (Å²) in [4.78, 5) is 22.9. The first kappa shape index (κ1) is 17.4. The molecule has 0 aliphatic heterocycles. The monoisotopic (exact) mass is 295 g/mol. The second-order valence-corrected chi connectivity index (χ2v) is 6.32. The van der Waals surface area contributed by atoms with Crippen molar-refractivity contribution in [3.63, 3.8) is 0 Å². The summed E-state index contributed by atoms with van der Waals surface area (Å²) in [6, 6.07) is 2.11. The van der Waals surface area contributed by atoms with E-state index in [0.29, 0.717) is 19.4 Å². The average molecular weight is 295 g/mol. The number of amides is 1. The summed E-state index contributed by atoms with van der Waals surface area (Å²) in [5, 5.41) is 23.6. The lowest BCUT2D eigenvalue weighted by molar-refractivity contribution is -0.150. The van der Waals surface area contributed by atoms with Gasteiger partial charge in [-0.1, -0.05) is 20.8 Å². The minimum atomic E-state index is -0.737. The molecule has 1 saturated carbocycles. The van der Waals surface area contributed by atoms with Crippen LogP contribution in [0.1, 0.15) is 40.0 Å². The van der Waals surface area contributed by atoms with Crippen LogP contribution in [0, 0.1) is 28.6 Å². The van der Waals surface area contributed by atoms with Crippen molar-refractivity contribution >= 4 is 11.9 Å². The Balaban J connectivity index is 2.49. The molecule has 0 bridgehead atoms. The van der Waals surface area contributed by atoms with Crippen LogP contribution >= 0.6 is 0 Å². The normalized spacial score (nSPS) is 27.6. The van der Waals surface area contributed by atoms with Crippen LogP contribution in [0.2, 0.25) is 0 Å². The molecule has 118 valence electrons. The van der Waals surface area contributed by atoms with Gasteiger partial charge in [0.05, 0.1) is 25.0 Å². The maximum absolute atomic E-state index is 11.6. The number of hydrogen-bond acceptors (Lipinski definition) is 4. The van der Waals surface area contributed by atoms with Gasteiger partial charge in [0.15, 0.2) is 0 Å². The Hall–Kier alpha value is -1.61. The first-order valence-corrected chi connectivity index (χ1v) is 7.40. The van der Waals surface area contributed by atoms with Crippen LogP contribution in [0.25, 0.3) is 0 Å². The zero-order valence-electron chi connectivity index (χ0n) is 13.0. The molecule has 1 rings (SSSR count). The summed E-state index contributed by atoms with van der Waals surface area (Å²) in [5.41, 5.74) is -0.307. The molecule has 1 amide bonds. The summed E-state index contributed by atoms with van der Waals surface area (Å²) >= 11 is 0. The topological polar surface area (TPSA) is 102 Å². The molecule has 0 spiro atoms. The lowest BCUT2D eigenvalue weighted by Crippen LogP contribution is -2.52. The molecule has 0 radical (unpaired) electrons. The molecule has 6 heteroatoms. The van der Waals surface area contributed by atoms with Crippen molar-refractivity contribution in [3.05, 3.63) is 0 Å². The number of nitriles is 1. The molecule has 6 nitrogen and oxygen atoms in total. The molecular formula is C15H25N3O3. The lowest BCUT2D eigenvalue weighted by atomic mass is 9.61. The predicted molar refractivity (Wildman–Crippen MR) is 78.3 cm³/mol. The van der Waals surface area contributed by atoms with Crippen LogP contribution in [0.3, 0.4) is 0 Å². The quantitative estimate of drug-likeness (QED) is 0.638. The number of carbonyl (C=O) groups is 2. The third-order valence-electron chi connectivity index (χ3n) is 4.82. The summed E-state index contributed by atoms with van der Waals surface area (Å²) < 4.78 is 0. The van der Waals surface area contributed by atoms with Crippen molar-refractivity contribution < 1.29 is 14.7 Å². The summed E-state index contributed by atoms with van der Waals surface area (Å²) in [6.45, 7) is 6.58. The summed E-state index contributed by atoms with van der Waals surface area (Å²) in [6.07, 6.45) is 1.69. The number of aliphatic carboxylic acids is 1. The SMILES string of the molecule is CC1C(NCC(=O)NCCC#N)CCC(C(=O)O)C1(C)C. The van der Waals surface area contributed by atoms with Gasteiger partial charge in [-0.05, 0) is 24.2 Å². The third-order valence-corrected chi connectivity index (χ3v) is 4.82. The van der Waals surface area contributed by atoms with Crippen molar-refractivity contribution in [3.8, 4) is 6.07 Å². The van der Waals surface area contributed by atoms with E-state index in [2.05, 4.69) is 10.6 Å².